The van der Waals surface area contributed by atoms with Gasteiger partial charge in [0, 0.05) is 23.7 Å². The predicted octanol–water partition coefficient (Wildman–Crippen LogP) is 4.21. The number of carbonyl (C=O) groups is 1. The number of nitrogens with one attached hydrogen (secondary N) is 1. The molecule has 0 atom stereocenters. The molecular weight excluding hydrogens is 380 g/mol. The minimum absolute atomic E-state index is 0.0257. The highest BCUT2D eigenvalue weighted by Gasteiger charge is 2.06. The summed E-state index contributed by atoms with van der Waals surface area (Å²) in [6.07, 6.45) is 4.97. The van der Waals surface area contributed by atoms with Gasteiger partial charge in [0.25, 0.3) is 0 Å². The fraction of sp³-hybridized carbons (Fsp3) is 0.174. The molecule has 0 fully saturated rings. The molecule has 2 aromatic carbocycles. The zero-order valence-electron chi connectivity index (χ0n) is 16.2. The van der Waals surface area contributed by atoms with Crippen molar-refractivity contribution >= 4 is 17.2 Å². The second-order valence-electron chi connectivity index (χ2n) is 6.85. The first kappa shape index (κ1) is 19.1. The summed E-state index contributed by atoms with van der Waals surface area (Å²) in [5.74, 6) is 0.0257. The lowest BCUT2D eigenvalue weighted by molar-refractivity contribution is -0.120. The summed E-state index contributed by atoms with van der Waals surface area (Å²) in [7, 11) is 0. The van der Waals surface area contributed by atoms with Crippen LogP contribution in [-0.2, 0) is 17.6 Å². The van der Waals surface area contributed by atoms with Crippen molar-refractivity contribution in [1.82, 2.24) is 20.1 Å². The molecule has 6 heteroatoms. The average Bonchev–Trinajstić information content (AvgIpc) is 3.39. The predicted molar refractivity (Wildman–Crippen MR) is 116 cm³/mol. The van der Waals surface area contributed by atoms with E-state index in [1.807, 2.05) is 78.6 Å². The van der Waals surface area contributed by atoms with E-state index in [4.69, 9.17) is 0 Å². The monoisotopic (exact) mass is 402 g/mol. The lowest BCUT2D eigenvalue weighted by Crippen LogP contribution is -2.27. The van der Waals surface area contributed by atoms with E-state index in [0.717, 1.165) is 39.5 Å². The maximum atomic E-state index is 12.2. The lowest BCUT2D eigenvalue weighted by atomic mass is 10.1. The minimum atomic E-state index is 0.0257. The van der Waals surface area contributed by atoms with Gasteiger partial charge in [-0.2, -0.15) is 5.10 Å². The molecule has 2 aromatic heterocycles. The van der Waals surface area contributed by atoms with Crippen LogP contribution in [0.5, 0.6) is 0 Å². The molecule has 1 amide bonds. The number of nitrogens with zero attached hydrogens (tertiary/aromatic N) is 3. The van der Waals surface area contributed by atoms with E-state index in [-0.39, 0.29) is 5.91 Å². The zero-order chi connectivity index (χ0) is 20.1. The van der Waals surface area contributed by atoms with E-state index >= 15 is 0 Å². The summed E-state index contributed by atoms with van der Waals surface area (Å²) in [6.45, 7) is 2.59. The first-order valence-corrected chi connectivity index (χ1v) is 10.4. The van der Waals surface area contributed by atoms with Crippen LogP contribution >= 0.6 is 11.3 Å². The normalized spacial score (nSPS) is 10.8. The molecule has 0 spiro atoms. The number of aryl methyl sites for hydroxylation is 1. The van der Waals surface area contributed by atoms with Crippen LogP contribution in [0.4, 0.5) is 0 Å². The Balaban J connectivity index is 1.26. The van der Waals surface area contributed by atoms with E-state index < -0.39 is 0 Å². The third-order valence-electron chi connectivity index (χ3n) is 4.63. The number of aromatic nitrogens is 3. The Bertz CT molecular complexity index is 1080. The van der Waals surface area contributed by atoms with Crippen LogP contribution in [0.3, 0.4) is 0 Å². The number of thiazole rings is 1. The summed E-state index contributed by atoms with van der Waals surface area (Å²) in [4.78, 5) is 16.7. The number of para-hydroxylation sites is 1. The quantitative estimate of drug-likeness (QED) is 0.504. The van der Waals surface area contributed by atoms with Gasteiger partial charge in [-0.3, -0.25) is 4.79 Å². The molecule has 0 aliphatic rings. The van der Waals surface area contributed by atoms with Gasteiger partial charge in [-0.25, -0.2) is 9.67 Å². The molecule has 0 unspecified atom stereocenters. The summed E-state index contributed by atoms with van der Waals surface area (Å²) in [5, 5.41) is 10.5. The van der Waals surface area contributed by atoms with Gasteiger partial charge in [0.2, 0.25) is 5.91 Å². The van der Waals surface area contributed by atoms with Crippen LogP contribution in [-0.4, -0.2) is 27.2 Å². The highest BCUT2D eigenvalue weighted by Crippen LogP contribution is 2.21. The molecular formula is C23H22N4OS. The van der Waals surface area contributed by atoms with Crippen molar-refractivity contribution in [2.24, 2.45) is 0 Å². The van der Waals surface area contributed by atoms with Crippen molar-refractivity contribution in [2.75, 3.05) is 6.54 Å². The van der Waals surface area contributed by atoms with Gasteiger partial charge < -0.3 is 5.32 Å². The zero-order valence-corrected chi connectivity index (χ0v) is 17.0. The Morgan fingerprint density at radius 3 is 2.59 bits per heavy atom. The van der Waals surface area contributed by atoms with E-state index in [2.05, 4.69) is 20.8 Å². The standard InChI is InChI=1S/C23H22N4OS/c1-17-26-22(16-29-17)20-9-7-18(8-10-20)13-23(28)24-12-11-19-14-25-27(15-19)21-5-3-2-4-6-21/h2-10,14-16H,11-13H2,1H3,(H,24,28). The van der Waals surface area contributed by atoms with E-state index in [0.29, 0.717) is 13.0 Å². The first-order chi connectivity index (χ1) is 14.2. The van der Waals surface area contributed by atoms with Crippen molar-refractivity contribution in [3.63, 3.8) is 0 Å². The van der Waals surface area contributed by atoms with E-state index in [9.17, 15) is 4.79 Å². The fourth-order valence-electron chi connectivity index (χ4n) is 3.09. The largest absolute Gasteiger partial charge is 0.355 e. The van der Waals surface area contributed by atoms with Crippen molar-refractivity contribution < 1.29 is 4.79 Å². The van der Waals surface area contributed by atoms with Gasteiger partial charge in [0.05, 0.1) is 29.0 Å². The molecule has 29 heavy (non-hydrogen) atoms. The second-order valence-corrected chi connectivity index (χ2v) is 7.92. The summed E-state index contributed by atoms with van der Waals surface area (Å²) >= 11 is 1.64. The van der Waals surface area contributed by atoms with E-state index in [1.54, 1.807) is 11.3 Å². The Morgan fingerprint density at radius 2 is 1.86 bits per heavy atom. The lowest BCUT2D eigenvalue weighted by Gasteiger charge is -2.05. The fourth-order valence-corrected chi connectivity index (χ4v) is 3.72. The van der Waals surface area contributed by atoms with Crippen LogP contribution < -0.4 is 5.32 Å². The molecule has 1 N–H and O–H groups in total. The highest BCUT2D eigenvalue weighted by atomic mass is 32.1. The van der Waals surface area contributed by atoms with Gasteiger partial charge in [0.1, 0.15) is 0 Å². The molecule has 2 heterocycles. The molecule has 0 saturated heterocycles. The summed E-state index contributed by atoms with van der Waals surface area (Å²) < 4.78 is 1.85. The average molecular weight is 403 g/mol. The number of amides is 1. The SMILES string of the molecule is Cc1nc(-c2ccc(CC(=O)NCCc3cnn(-c4ccccc4)c3)cc2)cs1. The molecule has 0 radical (unpaired) electrons. The van der Waals surface area contributed by atoms with Crippen LogP contribution in [0, 0.1) is 6.92 Å². The molecule has 4 aromatic rings. The van der Waals surface area contributed by atoms with Crippen LogP contribution in [0.2, 0.25) is 0 Å². The summed E-state index contributed by atoms with van der Waals surface area (Å²) in [6, 6.07) is 18.0. The molecule has 4 rings (SSSR count). The van der Waals surface area contributed by atoms with Crippen LogP contribution in [0.1, 0.15) is 16.1 Å². The molecule has 0 saturated carbocycles. The van der Waals surface area contributed by atoms with Crippen molar-refractivity contribution in [3.8, 4) is 16.9 Å². The smallest absolute Gasteiger partial charge is 0.224 e. The number of rotatable bonds is 7. The number of carbonyl (C=O) groups excluding carboxylic acids is 1. The maximum absolute atomic E-state index is 12.2. The molecule has 5 nitrogen and oxygen atoms in total. The van der Waals surface area contributed by atoms with Crippen molar-refractivity contribution in [3.05, 3.63) is 88.5 Å². The van der Waals surface area contributed by atoms with Crippen molar-refractivity contribution in [2.45, 2.75) is 19.8 Å². The van der Waals surface area contributed by atoms with Gasteiger partial charge in [-0.15, -0.1) is 11.3 Å². The van der Waals surface area contributed by atoms with Gasteiger partial charge in [0.15, 0.2) is 0 Å². The Hall–Kier alpha value is -3.25. The number of benzene rings is 2. The first-order valence-electron chi connectivity index (χ1n) is 9.54. The number of hydrogen-bond donors (Lipinski definition) is 1. The molecule has 146 valence electrons. The van der Waals surface area contributed by atoms with Gasteiger partial charge >= 0.3 is 0 Å². The van der Waals surface area contributed by atoms with Gasteiger partial charge in [-0.1, -0.05) is 42.5 Å². The molecule has 0 aliphatic carbocycles. The second kappa shape index (κ2) is 8.84. The third kappa shape index (κ3) is 4.97. The summed E-state index contributed by atoms with van der Waals surface area (Å²) in [5.41, 5.74) is 5.18. The highest BCUT2D eigenvalue weighted by molar-refractivity contribution is 7.09. The Kier molecular flexibility index (Phi) is 5.81. The molecule has 0 aliphatic heterocycles. The number of hydrogen-bond acceptors (Lipinski definition) is 4. The Labute approximate surface area is 174 Å². The van der Waals surface area contributed by atoms with Crippen LogP contribution in [0.15, 0.2) is 72.4 Å². The Morgan fingerprint density at radius 1 is 1.07 bits per heavy atom. The van der Waals surface area contributed by atoms with Gasteiger partial charge in [-0.05, 0) is 36.6 Å². The van der Waals surface area contributed by atoms with E-state index in [1.165, 1.54) is 0 Å². The molecule has 0 bridgehead atoms. The maximum Gasteiger partial charge on any atom is 0.224 e. The minimum Gasteiger partial charge on any atom is -0.355 e. The van der Waals surface area contributed by atoms with Crippen molar-refractivity contribution in [1.29, 1.82) is 0 Å². The third-order valence-corrected chi connectivity index (χ3v) is 5.40. The van der Waals surface area contributed by atoms with Crippen LogP contribution in [0.25, 0.3) is 16.9 Å². The topological polar surface area (TPSA) is 59.8 Å².